The molecule has 1 aliphatic rings. The van der Waals surface area contributed by atoms with Crippen molar-refractivity contribution in [3.63, 3.8) is 0 Å². The van der Waals surface area contributed by atoms with Crippen molar-refractivity contribution in [3.8, 4) is 0 Å². The van der Waals surface area contributed by atoms with Gasteiger partial charge in [-0.15, -0.1) is 0 Å². The van der Waals surface area contributed by atoms with Gasteiger partial charge in [-0.3, -0.25) is 9.78 Å². The highest BCUT2D eigenvalue weighted by Gasteiger charge is 2.38. The Morgan fingerprint density at radius 2 is 2.22 bits per heavy atom. The highest BCUT2D eigenvalue weighted by atomic mass is 16.5. The lowest BCUT2D eigenvalue weighted by Crippen LogP contribution is -2.30. The number of hydrogen-bond donors (Lipinski definition) is 0. The van der Waals surface area contributed by atoms with Crippen LogP contribution in [0.3, 0.4) is 0 Å². The minimum absolute atomic E-state index is 0.0271. The van der Waals surface area contributed by atoms with E-state index < -0.39 is 0 Å². The minimum Gasteiger partial charge on any atom is -0.384 e. The molecule has 6 heteroatoms. The third kappa shape index (κ3) is 2.99. The lowest BCUT2D eigenvalue weighted by molar-refractivity contribution is 0.0773. The monoisotopic (exact) mass is 315 g/mol. The first-order valence-corrected chi connectivity index (χ1v) is 7.73. The second-order valence-corrected chi connectivity index (χ2v) is 5.99. The molecule has 6 nitrogen and oxygen atoms in total. The molecule has 1 aliphatic heterocycles. The standard InChI is InChI=1S/C17H21N3O3/c1-11-16(12(2)23-19-11)17(21)20-8-13(10-22-3)14(9-20)15-6-4-5-7-18-15/h4-7,13-14H,8-10H2,1-3H3/t13-,14+/m0/s1. The molecule has 0 bridgehead atoms. The molecular weight excluding hydrogens is 294 g/mol. The van der Waals surface area contributed by atoms with Gasteiger partial charge in [0.25, 0.3) is 5.91 Å². The van der Waals surface area contributed by atoms with Gasteiger partial charge in [0.2, 0.25) is 0 Å². The summed E-state index contributed by atoms with van der Waals surface area (Å²) in [6.45, 7) is 5.45. The average Bonchev–Trinajstić information content (AvgIpc) is 3.12. The summed E-state index contributed by atoms with van der Waals surface area (Å²) in [4.78, 5) is 19.2. The van der Waals surface area contributed by atoms with Crippen LogP contribution in [0.1, 0.15) is 33.4 Å². The number of aromatic nitrogens is 2. The van der Waals surface area contributed by atoms with E-state index in [0.29, 0.717) is 36.7 Å². The maximum absolute atomic E-state index is 12.8. The third-order valence-corrected chi connectivity index (χ3v) is 4.42. The number of likely N-dealkylation sites (tertiary alicyclic amines) is 1. The number of amides is 1. The molecule has 122 valence electrons. The van der Waals surface area contributed by atoms with Crippen LogP contribution in [0.5, 0.6) is 0 Å². The van der Waals surface area contributed by atoms with E-state index in [1.165, 1.54) is 0 Å². The van der Waals surface area contributed by atoms with E-state index in [0.717, 1.165) is 5.69 Å². The Labute approximate surface area is 135 Å². The van der Waals surface area contributed by atoms with E-state index in [2.05, 4.69) is 10.1 Å². The van der Waals surface area contributed by atoms with Gasteiger partial charge < -0.3 is 14.2 Å². The Morgan fingerprint density at radius 3 is 2.83 bits per heavy atom. The normalized spacial score (nSPS) is 20.9. The van der Waals surface area contributed by atoms with Crippen molar-refractivity contribution in [1.82, 2.24) is 15.0 Å². The van der Waals surface area contributed by atoms with Crippen LogP contribution in [-0.4, -0.2) is 47.8 Å². The Kier molecular flexibility index (Phi) is 4.43. The Morgan fingerprint density at radius 1 is 1.39 bits per heavy atom. The molecular formula is C17H21N3O3. The molecule has 0 aliphatic carbocycles. The minimum atomic E-state index is -0.0271. The van der Waals surface area contributed by atoms with Gasteiger partial charge in [-0.1, -0.05) is 11.2 Å². The molecule has 1 amide bonds. The van der Waals surface area contributed by atoms with Crippen LogP contribution in [0.4, 0.5) is 0 Å². The Bertz CT molecular complexity index is 664. The third-order valence-electron chi connectivity index (χ3n) is 4.42. The number of carbonyl (C=O) groups is 1. The molecule has 0 unspecified atom stereocenters. The summed E-state index contributed by atoms with van der Waals surface area (Å²) in [7, 11) is 1.69. The van der Waals surface area contributed by atoms with Gasteiger partial charge in [0, 0.05) is 43.9 Å². The predicted octanol–water partition coefficient (Wildman–Crippen LogP) is 2.19. The van der Waals surface area contributed by atoms with Gasteiger partial charge in [0.05, 0.1) is 12.3 Å². The van der Waals surface area contributed by atoms with Gasteiger partial charge in [0.1, 0.15) is 11.3 Å². The van der Waals surface area contributed by atoms with Crippen LogP contribution in [0.15, 0.2) is 28.9 Å². The van der Waals surface area contributed by atoms with Gasteiger partial charge in [-0.25, -0.2) is 0 Å². The number of carbonyl (C=O) groups excluding carboxylic acids is 1. The number of aryl methyl sites for hydroxylation is 2. The van der Waals surface area contributed by atoms with Crippen molar-refractivity contribution >= 4 is 5.91 Å². The fourth-order valence-corrected chi connectivity index (χ4v) is 3.30. The summed E-state index contributed by atoms with van der Waals surface area (Å²) >= 11 is 0. The second kappa shape index (κ2) is 6.50. The van der Waals surface area contributed by atoms with Gasteiger partial charge in [-0.05, 0) is 26.0 Å². The number of ether oxygens (including phenoxy) is 1. The number of nitrogens with zero attached hydrogens (tertiary/aromatic N) is 3. The molecule has 3 rings (SSSR count). The Balaban J connectivity index is 1.84. The molecule has 2 atom stereocenters. The van der Waals surface area contributed by atoms with E-state index in [4.69, 9.17) is 9.26 Å². The van der Waals surface area contributed by atoms with Crippen LogP contribution in [0.2, 0.25) is 0 Å². The van der Waals surface area contributed by atoms with E-state index >= 15 is 0 Å². The van der Waals surface area contributed by atoms with E-state index in [9.17, 15) is 4.79 Å². The Hall–Kier alpha value is -2.21. The molecule has 0 radical (unpaired) electrons. The van der Waals surface area contributed by atoms with E-state index in [1.807, 2.05) is 23.1 Å². The van der Waals surface area contributed by atoms with Crippen LogP contribution < -0.4 is 0 Å². The summed E-state index contributed by atoms with van der Waals surface area (Å²) in [6.07, 6.45) is 1.79. The van der Waals surface area contributed by atoms with Gasteiger partial charge in [-0.2, -0.15) is 0 Å². The number of pyridine rings is 1. The molecule has 1 saturated heterocycles. The van der Waals surface area contributed by atoms with Crippen LogP contribution in [0, 0.1) is 19.8 Å². The zero-order valence-electron chi connectivity index (χ0n) is 13.7. The number of methoxy groups -OCH3 is 1. The van der Waals surface area contributed by atoms with E-state index in [-0.39, 0.29) is 17.7 Å². The molecule has 0 saturated carbocycles. The van der Waals surface area contributed by atoms with Gasteiger partial charge in [0.15, 0.2) is 0 Å². The molecule has 2 aromatic heterocycles. The largest absolute Gasteiger partial charge is 0.384 e. The quantitative estimate of drug-likeness (QED) is 0.865. The molecule has 1 fully saturated rings. The zero-order valence-corrected chi connectivity index (χ0v) is 13.7. The summed E-state index contributed by atoms with van der Waals surface area (Å²) in [5.41, 5.74) is 2.21. The van der Waals surface area contributed by atoms with Crippen LogP contribution in [-0.2, 0) is 4.74 Å². The van der Waals surface area contributed by atoms with Crippen molar-refractivity contribution in [2.24, 2.45) is 5.92 Å². The van der Waals surface area contributed by atoms with Crippen molar-refractivity contribution in [2.75, 3.05) is 26.8 Å². The predicted molar refractivity (Wildman–Crippen MR) is 84.2 cm³/mol. The fraction of sp³-hybridized carbons (Fsp3) is 0.471. The average molecular weight is 315 g/mol. The van der Waals surface area contributed by atoms with Gasteiger partial charge >= 0.3 is 0 Å². The van der Waals surface area contributed by atoms with Crippen molar-refractivity contribution in [3.05, 3.63) is 47.1 Å². The van der Waals surface area contributed by atoms with Crippen LogP contribution >= 0.6 is 0 Å². The lowest BCUT2D eigenvalue weighted by Gasteiger charge is -2.16. The highest BCUT2D eigenvalue weighted by Crippen LogP contribution is 2.33. The summed E-state index contributed by atoms with van der Waals surface area (Å²) < 4.78 is 10.5. The molecule has 0 aromatic carbocycles. The van der Waals surface area contributed by atoms with Crippen LogP contribution in [0.25, 0.3) is 0 Å². The zero-order chi connectivity index (χ0) is 16.4. The van der Waals surface area contributed by atoms with E-state index in [1.54, 1.807) is 27.2 Å². The first kappa shape index (κ1) is 15.7. The lowest BCUT2D eigenvalue weighted by atomic mass is 9.93. The molecule has 2 aromatic rings. The highest BCUT2D eigenvalue weighted by molar-refractivity contribution is 5.96. The molecule has 23 heavy (non-hydrogen) atoms. The first-order valence-electron chi connectivity index (χ1n) is 7.73. The molecule has 0 spiro atoms. The molecule has 3 heterocycles. The first-order chi connectivity index (χ1) is 11.1. The smallest absolute Gasteiger partial charge is 0.259 e. The van der Waals surface area contributed by atoms with Crippen molar-refractivity contribution in [1.29, 1.82) is 0 Å². The SMILES string of the molecule is COC[C@@H]1CN(C(=O)c2c(C)noc2C)C[C@H]1c1ccccn1. The molecule has 0 N–H and O–H groups in total. The summed E-state index contributed by atoms with van der Waals surface area (Å²) in [5.74, 6) is 0.956. The summed E-state index contributed by atoms with van der Waals surface area (Å²) in [6, 6.07) is 5.89. The van der Waals surface area contributed by atoms with Crippen molar-refractivity contribution in [2.45, 2.75) is 19.8 Å². The van der Waals surface area contributed by atoms with Crippen molar-refractivity contribution < 1.29 is 14.1 Å². The maximum atomic E-state index is 12.8. The topological polar surface area (TPSA) is 68.5 Å². The second-order valence-electron chi connectivity index (χ2n) is 5.99. The number of rotatable bonds is 4. The maximum Gasteiger partial charge on any atom is 0.259 e. The summed E-state index contributed by atoms with van der Waals surface area (Å²) in [5, 5.41) is 3.88. The number of hydrogen-bond acceptors (Lipinski definition) is 5. The fourth-order valence-electron chi connectivity index (χ4n) is 3.30.